The predicted octanol–water partition coefficient (Wildman–Crippen LogP) is 2.71. The molecule has 4 rings (SSSR count). The van der Waals surface area contributed by atoms with Crippen molar-refractivity contribution >= 4 is 23.7 Å². The maximum Gasteiger partial charge on any atom is 0.407 e. The van der Waals surface area contributed by atoms with Crippen LogP contribution in [0.3, 0.4) is 0 Å². The van der Waals surface area contributed by atoms with E-state index in [1.54, 1.807) is 0 Å². The van der Waals surface area contributed by atoms with E-state index in [-0.39, 0.29) is 23.8 Å². The Kier molecular flexibility index (Phi) is 6.44. The number of hydrogen-bond acceptors (Lipinski definition) is 5. The summed E-state index contributed by atoms with van der Waals surface area (Å²) in [5.74, 6) is -2.18. The van der Waals surface area contributed by atoms with Crippen LogP contribution >= 0.6 is 0 Å². The van der Waals surface area contributed by atoms with Gasteiger partial charge in [0.2, 0.25) is 11.5 Å². The van der Waals surface area contributed by atoms with Gasteiger partial charge in [0.1, 0.15) is 12.6 Å². The van der Waals surface area contributed by atoms with E-state index >= 15 is 0 Å². The SMILES string of the molecule is Cn1cc(NC(=O)C(CC(=O)O)NC(=O)OCC2c3ccccc3-c3ccccc32)ccc1=O. The van der Waals surface area contributed by atoms with Crippen LogP contribution in [0.4, 0.5) is 10.5 Å². The van der Waals surface area contributed by atoms with E-state index in [0.717, 1.165) is 22.3 Å². The van der Waals surface area contributed by atoms with Gasteiger partial charge in [-0.25, -0.2) is 4.79 Å². The summed E-state index contributed by atoms with van der Waals surface area (Å²) >= 11 is 0. The Hall–Kier alpha value is -4.40. The zero-order valence-corrected chi connectivity index (χ0v) is 18.4. The van der Waals surface area contributed by atoms with Crippen molar-refractivity contribution in [3.05, 3.63) is 88.3 Å². The summed E-state index contributed by atoms with van der Waals surface area (Å²) in [5.41, 5.74) is 4.24. The number of aryl methyl sites for hydroxylation is 1. The quantitative estimate of drug-likeness (QED) is 0.497. The van der Waals surface area contributed by atoms with Gasteiger partial charge in [0, 0.05) is 25.2 Å². The molecule has 9 nitrogen and oxygen atoms in total. The molecule has 174 valence electrons. The largest absolute Gasteiger partial charge is 0.481 e. The minimum absolute atomic E-state index is 0.0298. The van der Waals surface area contributed by atoms with Crippen molar-refractivity contribution in [2.45, 2.75) is 18.4 Å². The minimum Gasteiger partial charge on any atom is -0.481 e. The van der Waals surface area contributed by atoms with Gasteiger partial charge < -0.3 is 25.0 Å². The number of nitrogens with one attached hydrogen (secondary N) is 2. The molecule has 1 aliphatic rings. The highest BCUT2D eigenvalue weighted by molar-refractivity contribution is 5.98. The molecular formula is C25H23N3O6. The van der Waals surface area contributed by atoms with Gasteiger partial charge in [-0.3, -0.25) is 14.4 Å². The number of carboxylic acids is 1. The topological polar surface area (TPSA) is 127 Å². The van der Waals surface area contributed by atoms with Crippen LogP contribution in [0.15, 0.2) is 71.7 Å². The number of carbonyl (C=O) groups excluding carboxylic acids is 2. The number of anilines is 1. The Labute approximate surface area is 195 Å². The van der Waals surface area contributed by atoms with Crippen LogP contribution in [0.25, 0.3) is 11.1 Å². The lowest BCUT2D eigenvalue weighted by Crippen LogP contribution is -2.45. The van der Waals surface area contributed by atoms with Crippen molar-refractivity contribution in [1.29, 1.82) is 0 Å². The fourth-order valence-electron chi connectivity index (χ4n) is 4.06. The molecule has 1 aromatic heterocycles. The van der Waals surface area contributed by atoms with Crippen molar-refractivity contribution in [3.63, 3.8) is 0 Å². The standard InChI is InChI=1S/C25H23N3O6/c1-28-13-15(10-11-22(28)29)26-24(32)21(12-23(30)31)27-25(33)34-14-20-18-8-4-2-6-16(18)17-7-3-5-9-19(17)20/h2-11,13,20-21H,12,14H2,1H3,(H,26,32)(H,27,33)(H,30,31). The molecule has 0 saturated carbocycles. The van der Waals surface area contributed by atoms with E-state index < -0.39 is 30.4 Å². The van der Waals surface area contributed by atoms with Gasteiger partial charge >= 0.3 is 12.1 Å². The van der Waals surface area contributed by atoms with Crippen LogP contribution < -0.4 is 16.2 Å². The molecule has 2 amide bonds. The second kappa shape index (κ2) is 9.62. The summed E-state index contributed by atoms with van der Waals surface area (Å²) in [4.78, 5) is 47.9. The summed E-state index contributed by atoms with van der Waals surface area (Å²) < 4.78 is 6.68. The number of amides is 2. The molecule has 1 aliphatic carbocycles. The molecule has 1 atom stereocenters. The highest BCUT2D eigenvalue weighted by Crippen LogP contribution is 2.44. The normalized spacial score (nSPS) is 12.9. The number of rotatable bonds is 7. The van der Waals surface area contributed by atoms with E-state index in [1.807, 2.05) is 48.5 Å². The first-order chi connectivity index (χ1) is 16.3. The minimum atomic E-state index is -1.37. The van der Waals surface area contributed by atoms with E-state index in [4.69, 9.17) is 4.74 Å². The molecule has 1 unspecified atom stereocenters. The fraction of sp³-hybridized carbons (Fsp3) is 0.200. The van der Waals surface area contributed by atoms with Gasteiger partial charge in [0.25, 0.3) is 0 Å². The second-order valence-electron chi connectivity index (χ2n) is 7.98. The lowest BCUT2D eigenvalue weighted by molar-refractivity contribution is -0.139. The number of ether oxygens (including phenoxy) is 1. The Morgan fingerprint density at radius 3 is 2.21 bits per heavy atom. The van der Waals surface area contributed by atoms with Gasteiger partial charge in [0.05, 0.1) is 12.1 Å². The van der Waals surface area contributed by atoms with E-state index in [9.17, 15) is 24.3 Å². The Morgan fingerprint density at radius 2 is 1.62 bits per heavy atom. The molecule has 0 aliphatic heterocycles. The second-order valence-corrected chi connectivity index (χ2v) is 7.98. The molecule has 1 heterocycles. The first-order valence-corrected chi connectivity index (χ1v) is 10.6. The molecule has 3 aromatic rings. The highest BCUT2D eigenvalue weighted by Gasteiger charge is 2.30. The number of carbonyl (C=O) groups is 3. The zero-order chi connectivity index (χ0) is 24.2. The van der Waals surface area contributed by atoms with Crippen molar-refractivity contribution in [1.82, 2.24) is 9.88 Å². The highest BCUT2D eigenvalue weighted by atomic mass is 16.5. The smallest absolute Gasteiger partial charge is 0.407 e. The number of nitrogens with zero attached hydrogens (tertiary/aromatic N) is 1. The van der Waals surface area contributed by atoms with Gasteiger partial charge in [-0.2, -0.15) is 0 Å². The number of carboxylic acid groups (broad SMARTS) is 1. The lowest BCUT2D eigenvalue weighted by atomic mass is 9.98. The summed E-state index contributed by atoms with van der Waals surface area (Å²) in [5, 5.41) is 14.1. The Bertz CT molecular complexity index is 1270. The zero-order valence-electron chi connectivity index (χ0n) is 18.4. The first kappa shape index (κ1) is 22.8. The van der Waals surface area contributed by atoms with Gasteiger partial charge in [-0.1, -0.05) is 48.5 Å². The molecule has 0 spiro atoms. The maximum absolute atomic E-state index is 12.6. The van der Waals surface area contributed by atoms with E-state index in [0.29, 0.717) is 0 Å². The average Bonchev–Trinajstić information content (AvgIpc) is 3.13. The van der Waals surface area contributed by atoms with E-state index in [2.05, 4.69) is 10.6 Å². The number of fused-ring (bicyclic) bond motifs is 3. The molecular weight excluding hydrogens is 438 g/mol. The molecule has 0 radical (unpaired) electrons. The van der Waals surface area contributed by atoms with Crippen molar-refractivity contribution < 1.29 is 24.2 Å². The molecule has 34 heavy (non-hydrogen) atoms. The third kappa shape index (κ3) is 4.83. The van der Waals surface area contributed by atoms with Gasteiger partial charge in [-0.05, 0) is 28.3 Å². The van der Waals surface area contributed by atoms with Crippen molar-refractivity contribution in [2.24, 2.45) is 7.05 Å². The van der Waals surface area contributed by atoms with Crippen LogP contribution in [0.5, 0.6) is 0 Å². The van der Waals surface area contributed by atoms with Crippen LogP contribution in [-0.4, -0.2) is 40.3 Å². The summed E-state index contributed by atoms with van der Waals surface area (Å²) in [7, 11) is 1.52. The molecule has 0 saturated heterocycles. The number of aliphatic carboxylic acids is 1. The number of aromatic nitrogens is 1. The molecule has 2 aromatic carbocycles. The molecule has 0 bridgehead atoms. The van der Waals surface area contributed by atoms with E-state index in [1.165, 1.54) is 29.9 Å². The van der Waals surface area contributed by atoms with Crippen LogP contribution in [0, 0.1) is 0 Å². The molecule has 0 fully saturated rings. The third-order valence-electron chi connectivity index (χ3n) is 5.68. The third-order valence-corrected chi connectivity index (χ3v) is 5.68. The first-order valence-electron chi connectivity index (χ1n) is 10.6. The lowest BCUT2D eigenvalue weighted by Gasteiger charge is -2.19. The van der Waals surface area contributed by atoms with Crippen LogP contribution in [-0.2, 0) is 21.4 Å². The fourth-order valence-corrected chi connectivity index (χ4v) is 4.06. The van der Waals surface area contributed by atoms with Crippen molar-refractivity contribution in [2.75, 3.05) is 11.9 Å². The molecule has 9 heteroatoms. The molecule has 3 N–H and O–H groups in total. The predicted molar refractivity (Wildman–Crippen MR) is 125 cm³/mol. The Morgan fingerprint density at radius 1 is 1.00 bits per heavy atom. The van der Waals surface area contributed by atoms with Gasteiger partial charge in [-0.15, -0.1) is 0 Å². The van der Waals surface area contributed by atoms with Crippen LogP contribution in [0.2, 0.25) is 0 Å². The summed E-state index contributed by atoms with van der Waals surface area (Å²) in [6, 6.07) is 17.0. The average molecular weight is 461 g/mol. The maximum atomic E-state index is 12.6. The monoisotopic (exact) mass is 461 g/mol. The number of hydrogen-bond donors (Lipinski definition) is 3. The number of pyridine rings is 1. The summed E-state index contributed by atoms with van der Waals surface area (Å²) in [6.07, 6.45) is -0.142. The van der Waals surface area contributed by atoms with Crippen LogP contribution in [0.1, 0.15) is 23.5 Å². The summed E-state index contributed by atoms with van der Waals surface area (Å²) in [6.45, 7) is 0.0298. The number of benzene rings is 2. The van der Waals surface area contributed by atoms with Crippen molar-refractivity contribution in [3.8, 4) is 11.1 Å². The van der Waals surface area contributed by atoms with Gasteiger partial charge in [0.15, 0.2) is 0 Å². The Balaban J connectivity index is 1.43. The number of alkyl carbamates (subject to hydrolysis) is 1.